The molecule has 1 fully saturated rings. The number of hydrogen-bond donors (Lipinski definition) is 2. The van der Waals surface area contributed by atoms with Crippen LogP contribution in [-0.4, -0.2) is 23.6 Å². The lowest BCUT2D eigenvalue weighted by molar-refractivity contribution is 0.240. The predicted octanol–water partition coefficient (Wildman–Crippen LogP) is 3.12. The summed E-state index contributed by atoms with van der Waals surface area (Å²) < 4.78 is 0. The highest BCUT2D eigenvalue weighted by molar-refractivity contribution is 7.13. The monoisotopic (exact) mass is 301 g/mol. The Morgan fingerprint density at radius 3 is 2.81 bits per heavy atom. The number of hydrogen-bond acceptors (Lipinski definition) is 3. The molecule has 1 saturated carbocycles. The summed E-state index contributed by atoms with van der Waals surface area (Å²) in [5.74, 6) is 0. The van der Waals surface area contributed by atoms with Crippen LogP contribution in [0, 0.1) is 6.92 Å². The predicted molar refractivity (Wildman–Crippen MR) is 85.5 cm³/mol. The van der Waals surface area contributed by atoms with Crippen LogP contribution in [0.15, 0.2) is 29.6 Å². The fourth-order valence-corrected chi connectivity index (χ4v) is 2.88. The highest BCUT2D eigenvalue weighted by Crippen LogP contribution is 2.24. The number of benzene rings is 1. The SMILES string of the molecule is Cc1ccc(-c2nc(CCNC(=O)NC3CC3)cs2)cc1. The normalized spacial score (nSPS) is 14.0. The topological polar surface area (TPSA) is 54.0 Å². The van der Waals surface area contributed by atoms with Gasteiger partial charge in [-0.2, -0.15) is 0 Å². The molecule has 2 N–H and O–H groups in total. The lowest BCUT2D eigenvalue weighted by Crippen LogP contribution is -2.37. The molecule has 1 aromatic carbocycles. The van der Waals surface area contributed by atoms with Gasteiger partial charge in [-0.05, 0) is 19.8 Å². The number of aryl methyl sites for hydroxylation is 1. The van der Waals surface area contributed by atoms with E-state index in [1.807, 2.05) is 0 Å². The Balaban J connectivity index is 1.50. The molecule has 0 radical (unpaired) electrons. The average molecular weight is 301 g/mol. The molecule has 21 heavy (non-hydrogen) atoms. The van der Waals surface area contributed by atoms with E-state index in [0.717, 1.165) is 35.5 Å². The number of nitrogens with zero attached hydrogens (tertiary/aromatic N) is 1. The molecule has 0 unspecified atom stereocenters. The molecule has 4 nitrogen and oxygen atoms in total. The summed E-state index contributed by atoms with van der Waals surface area (Å²) in [4.78, 5) is 16.1. The van der Waals surface area contributed by atoms with Gasteiger partial charge in [0.2, 0.25) is 0 Å². The largest absolute Gasteiger partial charge is 0.338 e. The molecule has 3 rings (SSSR count). The number of nitrogens with one attached hydrogen (secondary N) is 2. The van der Waals surface area contributed by atoms with Crippen molar-refractivity contribution in [2.75, 3.05) is 6.54 Å². The van der Waals surface area contributed by atoms with Crippen LogP contribution in [0.5, 0.6) is 0 Å². The van der Waals surface area contributed by atoms with Crippen molar-refractivity contribution < 1.29 is 4.79 Å². The molecule has 110 valence electrons. The molecule has 0 bridgehead atoms. The molecule has 0 saturated heterocycles. The van der Waals surface area contributed by atoms with Crippen molar-refractivity contribution in [2.24, 2.45) is 0 Å². The molecule has 5 heteroatoms. The Morgan fingerprint density at radius 1 is 1.33 bits per heavy atom. The van der Waals surface area contributed by atoms with Gasteiger partial charge < -0.3 is 10.6 Å². The highest BCUT2D eigenvalue weighted by atomic mass is 32.1. The van der Waals surface area contributed by atoms with Crippen molar-refractivity contribution in [1.82, 2.24) is 15.6 Å². The van der Waals surface area contributed by atoms with E-state index in [0.29, 0.717) is 12.6 Å². The van der Waals surface area contributed by atoms with Gasteiger partial charge in [0.25, 0.3) is 0 Å². The smallest absolute Gasteiger partial charge is 0.315 e. The minimum atomic E-state index is -0.0634. The Kier molecular flexibility index (Phi) is 4.20. The van der Waals surface area contributed by atoms with Gasteiger partial charge in [0.1, 0.15) is 5.01 Å². The first-order chi connectivity index (χ1) is 10.2. The van der Waals surface area contributed by atoms with Crippen LogP contribution in [-0.2, 0) is 6.42 Å². The molecule has 0 spiro atoms. The van der Waals surface area contributed by atoms with Gasteiger partial charge in [0.15, 0.2) is 0 Å². The Morgan fingerprint density at radius 2 is 2.10 bits per heavy atom. The van der Waals surface area contributed by atoms with Crippen molar-refractivity contribution in [2.45, 2.75) is 32.2 Å². The number of urea groups is 1. The van der Waals surface area contributed by atoms with Crippen molar-refractivity contribution in [1.29, 1.82) is 0 Å². The first kappa shape index (κ1) is 14.1. The zero-order valence-electron chi connectivity index (χ0n) is 12.1. The van der Waals surface area contributed by atoms with Crippen LogP contribution in [0.25, 0.3) is 10.6 Å². The maximum absolute atomic E-state index is 11.5. The molecular weight excluding hydrogens is 282 g/mol. The summed E-state index contributed by atoms with van der Waals surface area (Å²) in [6, 6.07) is 8.72. The van der Waals surface area contributed by atoms with Crippen molar-refractivity contribution in [3.8, 4) is 10.6 Å². The average Bonchev–Trinajstić information content (AvgIpc) is 3.15. The molecule has 1 aromatic heterocycles. The third-order valence-electron chi connectivity index (χ3n) is 3.43. The van der Waals surface area contributed by atoms with E-state index in [9.17, 15) is 4.79 Å². The number of aromatic nitrogens is 1. The zero-order chi connectivity index (χ0) is 14.7. The molecule has 1 aliphatic carbocycles. The zero-order valence-corrected chi connectivity index (χ0v) is 12.9. The summed E-state index contributed by atoms with van der Waals surface area (Å²) in [6.45, 7) is 2.70. The third kappa shape index (κ3) is 4.04. The number of thiazole rings is 1. The Labute approximate surface area is 128 Å². The van der Waals surface area contributed by atoms with E-state index >= 15 is 0 Å². The van der Waals surface area contributed by atoms with Gasteiger partial charge in [-0.1, -0.05) is 29.8 Å². The van der Waals surface area contributed by atoms with E-state index in [-0.39, 0.29) is 6.03 Å². The second-order valence-corrected chi connectivity index (χ2v) is 6.29. The van der Waals surface area contributed by atoms with E-state index in [1.54, 1.807) is 11.3 Å². The summed E-state index contributed by atoms with van der Waals surface area (Å²) in [5.41, 5.74) is 3.43. The Hall–Kier alpha value is -1.88. The maximum Gasteiger partial charge on any atom is 0.315 e. The molecule has 0 atom stereocenters. The van der Waals surface area contributed by atoms with E-state index in [2.05, 4.69) is 52.2 Å². The Bertz CT molecular complexity index is 617. The van der Waals surface area contributed by atoms with Crippen molar-refractivity contribution in [3.63, 3.8) is 0 Å². The lowest BCUT2D eigenvalue weighted by Gasteiger charge is -2.04. The highest BCUT2D eigenvalue weighted by Gasteiger charge is 2.22. The minimum Gasteiger partial charge on any atom is -0.338 e. The van der Waals surface area contributed by atoms with Gasteiger partial charge in [-0.3, -0.25) is 0 Å². The number of carbonyl (C=O) groups is 1. The fourth-order valence-electron chi connectivity index (χ4n) is 2.02. The van der Waals surface area contributed by atoms with Crippen LogP contribution in [0.2, 0.25) is 0 Å². The molecule has 2 aromatic rings. The minimum absolute atomic E-state index is 0.0634. The summed E-state index contributed by atoms with van der Waals surface area (Å²) >= 11 is 1.65. The second-order valence-electron chi connectivity index (χ2n) is 5.43. The number of rotatable bonds is 5. The molecule has 1 heterocycles. The van der Waals surface area contributed by atoms with Crippen LogP contribution in [0.4, 0.5) is 4.79 Å². The van der Waals surface area contributed by atoms with Gasteiger partial charge >= 0.3 is 6.03 Å². The van der Waals surface area contributed by atoms with Crippen LogP contribution >= 0.6 is 11.3 Å². The van der Waals surface area contributed by atoms with Crippen LogP contribution in [0.1, 0.15) is 24.1 Å². The quantitative estimate of drug-likeness (QED) is 0.891. The van der Waals surface area contributed by atoms with Crippen molar-refractivity contribution in [3.05, 3.63) is 40.9 Å². The number of amides is 2. The van der Waals surface area contributed by atoms with Gasteiger partial charge in [0, 0.05) is 30.0 Å². The second kappa shape index (κ2) is 6.26. The third-order valence-corrected chi connectivity index (χ3v) is 4.37. The van der Waals surface area contributed by atoms with E-state index < -0.39 is 0 Å². The first-order valence-electron chi connectivity index (χ1n) is 7.26. The van der Waals surface area contributed by atoms with Gasteiger partial charge in [-0.15, -0.1) is 11.3 Å². The molecule has 1 aliphatic rings. The maximum atomic E-state index is 11.5. The summed E-state index contributed by atoms with van der Waals surface area (Å²) in [6.07, 6.45) is 2.99. The summed E-state index contributed by atoms with van der Waals surface area (Å²) in [5, 5.41) is 8.88. The van der Waals surface area contributed by atoms with Gasteiger partial charge in [0.05, 0.1) is 5.69 Å². The van der Waals surface area contributed by atoms with E-state index in [4.69, 9.17) is 0 Å². The lowest BCUT2D eigenvalue weighted by atomic mass is 10.2. The van der Waals surface area contributed by atoms with Crippen LogP contribution in [0.3, 0.4) is 0 Å². The van der Waals surface area contributed by atoms with Gasteiger partial charge in [-0.25, -0.2) is 9.78 Å². The van der Waals surface area contributed by atoms with E-state index in [1.165, 1.54) is 5.56 Å². The standard InChI is InChI=1S/C16H19N3OS/c1-11-2-4-12(5-3-11)15-18-14(10-21-15)8-9-17-16(20)19-13-6-7-13/h2-5,10,13H,6-9H2,1H3,(H2,17,19,20). The molecule has 0 aliphatic heterocycles. The summed E-state index contributed by atoms with van der Waals surface area (Å²) in [7, 11) is 0. The first-order valence-corrected chi connectivity index (χ1v) is 8.14. The van der Waals surface area contributed by atoms with Crippen molar-refractivity contribution >= 4 is 17.4 Å². The number of carbonyl (C=O) groups excluding carboxylic acids is 1. The fraction of sp³-hybridized carbons (Fsp3) is 0.375. The van der Waals surface area contributed by atoms with Crippen LogP contribution < -0.4 is 10.6 Å². The molecule has 2 amide bonds. The molecular formula is C16H19N3OS.